The van der Waals surface area contributed by atoms with Crippen molar-refractivity contribution in [2.24, 2.45) is 17.5 Å². The highest BCUT2D eigenvalue weighted by molar-refractivity contribution is 5.77. The van der Waals surface area contributed by atoms with Gasteiger partial charge in [-0.1, -0.05) is 19.1 Å². The Kier molecular flexibility index (Phi) is 4.93. The van der Waals surface area contributed by atoms with Gasteiger partial charge in [0.05, 0.1) is 0 Å². The number of nitrogens with one attached hydrogen (secondary N) is 1. The van der Waals surface area contributed by atoms with Crippen molar-refractivity contribution < 1.29 is 9.90 Å². The molecule has 5 nitrogen and oxygen atoms in total. The lowest BCUT2D eigenvalue weighted by atomic mass is 9.96. The van der Waals surface area contributed by atoms with E-state index in [0.717, 1.165) is 5.56 Å². The second kappa shape index (κ2) is 6.22. The van der Waals surface area contributed by atoms with Crippen LogP contribution in [0.2, 0.25) is 0 Å². The largest absolute Gasteiger partial charge is 0.508 e. The topological polar surface area (TPSA) is 101 Å². The van der Waals surface area contributed by atoms with Crippen molar-refractivity contribution in [2.45, 2.75) is 25.8 Å². The van der Waals surface area contributed by atoms with E-state index in [9.17, 15) is 4.79 Å². The molecule has 94 valence electrons. The first-order valence-electron chi connectivity index (χ1n) is 5.57. The molecule has 0 aliphatic rings. The zero-order valence-corrected chi connectivity index (χ0v) is 9.89. The van der Waals surface area contributed by atoms with Gasteiger partial charge < -0.3 is 10.8 Å². The third-order valence-electron chi connectivity index (χ3n) is 2.68. The van der Waals surface area contributed by atoms with Crippen LogP contribution in [0.1, 0.15) is 18.9 Å². The number of hydrogen-bond acceptors (Lipinski definition) is 4. The summed E-state index contributed by atoms with van der Waals surface area (Å²) < 4.78 is 0. The van der Waals surface area contributed by atoms with Gasteiger partial charge in [0.25, 0.3) is 0 Å². The first-order chi connectivity index (χ1) is 8.02. The number of hydrazine groups is 1. The number of carbonyl (C=O) groups is 1. The predicted molar refractivity (Wildman–Crippen MR) is 65.9 cm³/mol. The second-order valence-corrected chi connectivity index (χ2v) is 4.28. The molecular formula is C12H19N3O2. The molecule has 0 spiro atoms. The van der Waals surface area contributed by atoms with E-state index in [4.69, 9.17) is 16.7 Å². The molecule has 1 aromatic rings. The van der Waals surface area contributed by atoms with Crippen molar-refractivity contribution in [3.63, 3.8) is 0 Å². The van der Waals surface area contributed by atoms with Gasteiger partial charge in [0, 0.05) is 12.0 Å². The van der Waals surface area contributed by atoms with Crippen molar-refractivity contribution in [1.29, 1.82) is 0 Å². The standard InChI is InChI=1S/C12H19N3O2/c1-8(12(17)15-14)6-10(13)7-9-2-4-11(16)5-3-9/h2-5,8,10,16H,6-7,13-14H2,1H3,(H,15,17)/t8-,10+/m0/s1. The molecule has 17 heavy (non-hydrogen) atoms. The van der Waals surface area contributed by atoms with E-state index in [0.29, 0.717) is 12.8 Å². The molecule has 6 N–H and O–H groups in total. The number of phenolic OH excluding ortho intramolecular Hbond substituents is 1. The van der Waals surface area contributed by atoms with Gasteiger partial charge in [-0.15, -0.1) is 0 Å². The van der Waals surface area contributed by atoms with E-state index in [2.05, 4.69) is 5.43 Å². The molecule has 0 saturated heterocycles. The maximum Gasteiger partial charge on any atom is 0.236 e. The number of carbonyl (C=O) groups excluding carboxylic acids is 1. The highest BCUT2D eigenvalue weighted by Crippen LogP contribution is 2.13. The lowest BCUT2D eigenvalue weighted by Gasteiger charge is -2.16. The van der Waals surface area contributed by atoms with Gasteiger partial charge in [0.15, 0.2) is 0 Å². The van der Waals surface area contributed by atoms with Gasteiger partial charge in [-0.2, -0.15) is 0 Å². The molecule has 0 aromatic heterocycles. The Morgan fingerprint density at radius 3 is 2.53 bits per heavy atom. The van der Waals surface area contributed by atoms with Crippen LogP contribution >= 0.6 is 0 Å². The molecule has 0 heterocycles. The summed E-state index contributed by atoms with van der Waals surface area (Å²) in [5.74, 6) is 4.88. The molecule has 0 saturated carbocycles. The van der Waals surface area contributed by atoms with Crippen LogP contribution < -0.4 is 17.0 Å². The lowest BCUT2D eigenvalue weighted by molar-refractivity contribution is -0.124. The fourth-order valence-electron chi connectivity index (χ4n) is 1.72. The number of aromatic hydroxyl groups is 1. The Bertz CT molecular complexity index is 365. The number of nitrogens with two attached hydrogens (primary N) is 2. The summed E-state index contributed by atoms with van der Waals surface area (Å²) in [6.07, 6.45) is 1.24. The zero-order chi connectivity index (χ0) is 12.8. The smallest absolute Gasteiger partial charge is 0.236 e. The summed E-state index contributed by atoms with van der Waals surface area (Å²) in [6.45, 7) is 1.79. The molecule has 1 amide bonds. The van der Waals surface area contributed by atoms with Crippen molar-refractivity contribution in [3.05, 3.63) is 29.8 Å². The monoisotopic (exact) mass is 237 g/mol. The van der Waals surface area contributed by atoms with E-state index in [1.54, 1.807) is 19.1 Å². The number of rotatable bonds is 5. The minimum Gasteiger partial charge on any atom is -0.508 e. The number of benzene rings is 1. The van der Waals surface area contributed by atoms with Crippen molar-refractivity contribution >= 4 is 5.91 Å². The summed E-state index contributed by atoms with van der Waals surface area (Å²) in [6, 6.07) is 6.79. The van der Waals surface area contributed by atoms with Gasteiger partial charge in [-0.25, -0.2) is 5.84 Å². The maximum atomic E-state index is 11.2. The van der Waals surface area contributed by atoms with E-state index < -0.39 is 0 Å². The van der Waals surface area contributed by atoms with Crippen LogP contribution in [-0.2, 0) is 11.2 Å². The SMILES string of the molecule is C[C@@H](C[C@@H](N)Cc1ccc(O)cc1)C(=O)NN. The Morgan fingerprint density at radius 1 is 1.41 bits per heavy atom. The van der Waals surface area contributed by atoms with E-state index in [-0.39, 0.29) is 23.6 Å². The molecule has 0 aliphatic heterocycles. The Labute approximate surface area is 101 Å². The minimum atomic E-state index is -0.203. The average molecular weight is 237 g/mol. The van der Waals surface area contributed by atoms with E-state index in [1.807, 2.05) is 12.1 Å². The van der Waals surface area contributed by atoms with Gasteiger partial charge in [-0.05, 0) is 30.5 Å². The summed E-state index contributed by atoms with van der Waals surface area (Å²) >= 11 is 0. The van der Waals surface area contributed by atoms with Crippen LogP contribution in [0.4, 0.5) is 0 Å². The first-order valence-corrected chi connectivity index (χ1v) is 5.57. The fourth-order valence-corrected chi connectivity index (χ4v) is 1.72. The average Bonchev–Trinajstić information content (AvgIpc) is 2.30. The normalized spacial score (nSPS) is 14.1. The summed E-state index contributed by atoms with van der Waals surface area (Å²) in [5.41, 5.74) is 9.11. The van der Waals surface area contributed by atoms with Crippen LogP contribution in [0, 0.1) is 5.92 Å². The molecule has 5 heteroatoms. The van der Waals surface area contributed by atoms with E-state index in [1.165, 1.54) is 0 Å². The molecule has 0 unspecified atom stereocenters. The molecule has 2 atom stereocenters. The van der Waals surface area contributed by atoms with Gasteiger partial charge in [0.2, 0.25) is 5.91 Å². The first kappa shape index (κ1) is 13.5. The molecule has 0 bridgehead atoms. The Balaban J connectivity index is 2.46. The van der Waals surface area contributed by atoms with Gasteiger partial charge in [-0.3, -0.25) is 10.2 Å². The number of hydrogen-bond donors (Lipinski definition) is 4. The third-order valence-corrected chi connectivity index (χ3v) is 2.68. The highest BCUT2D eigenvalue weighted by Gasteiger charge is 2.15. The van der Waals surface area contributed by atoms with Crippen LogP contribution in [0.5, 0.6) is 5.75 Å². The molecule has 0 aliphatic carbocycles. The van der Waals surface area contributed by atoms with Crippen molar-refractivity contribution in [1.82, 2.24) is 5.43 Å². The maximum absolute atomic E-state index is 11.2. The summed E-state index contributed by atoms with van der Waals surface area (Å²) in [5, 5.41) is 9.14. The molecule has 1 aromatic carbocycles. The fraction of sp³-hybridized carbons (Fsp3) is 0.417. The van der Waals surface area contributed by atoms with Crippen LogP contribution in [0.15, 0.2) is 24.3 Å². The Morgan fingerprint density at radius 2 is 2.00 bits per heavy atom. The van der Waals surface area contributed by atoms with Gasteiger partial charge >= 0.3 is 0 Å². The minimum absolute atomic E-state index is 0.105. The van der Waals surface area contributed by atoms with E-state index >= 15 is 0 Å². The Hall–Kier alpha value is -1.59. The van der Waals surface area contributed by atoms with Crippen molar-refractivity contribution in [3.8, 4) is 5.75 Å². The van der Waals surface area contributed by atoms with Crippen molar-refractivity contribution in [2.75, 3.05) is 0 Å². The lowest BCUT2D eigenvalue weighted by Crippen LogP contribution is -2.37. The van der Waals surface area contributed by atoms with Crippen LogP contribution in [-0.4, -0.2) is 17.1 Å². The number of phenols is 1. The highest BCUT2D eigenvalue weighted by atomic mass is 16.3. The summed E-state index contributed by atoms with van der Waals surface area (Å²) in [7, 11) is 0. The molecule has 0 radical (unpaired) electrons. The third kappa shape index (κ3) is 4.42. The van der Waals surface area contributed by atoms with Crippen LogP contribution in [0.25, 0.3) is 0 Å². The van der Waals surface area contributed by atoms with Gasteiger partial charge in [0.1, 0.15) is 5.75 Å². The summed E-state index contributed by atoms with van der Waals surface area (Å²) in [4.78, 5) is 11.2. The number of amides is 1. The predicted octanol–water partition coefficient (Wildman–Crippen LogP) is 0.278. The zero-order valence-electron chi connectivity index (χ0n) is 9.89. The quantitative estimate of drug-likeness (QED) is 0.335. The molecule has 0 fully saturated rings. The molecule has 1 rings (SSSR count). The van der Waals surface area contributed by atoms with Crippen LogP contribution in [0.3, 0.4) is 0 Å². The molecular weight excluding hydrogens is 218 g/mol. The second-order valence-electron chi connectivity index (χ2n) is 4.28.